The van der Waals surface area contributed by atoms with Gasteiger partial charge in [-0.05, 0) is 18.1 Å². The van der Waals surface area contributed by atoms with Crippen molar-refractivity contribution < 1.29 is 8.42 Å². The summed E-state index contributed by atoms with van der Waals surface area (Å²) in [6.07, 6.45) is 6.85. The van der Waals surface area contributed by atoms with E-state index in [4.69, 9.17) is 0 Å². The molecule has 0 bridgehead atoms. The molecule has 9 nitrogen and oxygen atoms in total. The van der Waals surface area contributed by atoms with E-state index in [1.807, 2.05) is 6.07 Å². The summed E-state index contributed by atoms with van der Waals surface area (Å²) in [4.78, 5) is 15.0. The quantitative estimate of drug-likeness (QED) is 0.539. The van der Waals surface area contributed by atoms with Crippen LogP contribution in [0.2, 0.25) is 0 Å². The van der Waals surface area contributed by atoms with Crippen LogP contribution < -0.4 is 5.32 Å². The molecule has 0 atom stereocenters. The van der Waals surface area contributed by atoms with Gasteiger partial charge in [0.05, 0.1) is 29.6 Å². The van der Waals surface area contributed by atoms with Crippen LogP contribution in [0.5, 0.6) is 0 Å². The van der Waals surface area contributed by atoms with Crippen molar-refractivity contribution in [2.45, 2.75) is 13.0 Å². The summed E-state index contributed by atoms with van der Waals surface area (Å²) in [5.41, 5.74) is 1.98. The summed E-state index contributed by atoms with van der Waals surface area (Å²) in [6, 6.07) is 1.90. The SMILES string of the molecule is CS(=O)(=O)N1CCc2c(sc3ncnc(Nc4cc5cn[nH]c5cn4)c23)C1. The molecule has 11 heteroatoms. The van der Waals surface area contributed by atoms with Gasteiger partial charge < -0.3 is 5.32 Å². The standard InChI is InChI=1S/C16H15N7O2S2/c1-27(24,25)23-3-2-10-12(7-23)26-16-14(10)15(18-8-19-16)21-13-4-9-5-20-22-11(9)6-17-13/h4-6,8H,2-3,7H2,1H3,(H,20,22)(H,17,18,19,21). The number of fused-ring (bicyclic) bond motifs is 4. The molecule has 0 amide bonds. The van der Waals surface area contributed by atoms with Crippen molar-refractivity contribution in [2.75, 3.05) is 18.1 Å². The summed E-state index contributed by atoms with van der Waals surface area (Å²) >= 11 is 1.52. The highest BCUT2D eigenvalue weighted by Crippen LogP contribution is 2.38. The molecule has 0 fully saturated rings. The zero-order valence-corrected chi connectivity index (χ0v) is 15.9. The highest BCUT2D eigenvalue weighted by molar-refractivity contribution is 7.88. The number of aromatic nitrogens is 5. The number of anilines is 2. The molecule has 0 radical (unpaired) electrons. The number of H-pyrrole nitrogens is 1. The Labute approximate surface area is 158 Å². The highest BCUT2D eigenvalue weighted by Gasteiger charge is 2.28. The number of nitrogens with one attached hydrogen (secondary N) is 2. The maximum atomic E-state index is 11.9. The van der Waals surface area contributed by atoms with E-state index < -0.39 is 10.0 Å². The van der Waals surface area contributed by atoms with Gasteiger partial charge in [0.25, 0.3) is 0 Å². The highest BCUT2D eigenvalue weighted by atomic mass is 32.2. The first kappa shape index (κ1) is 16.5. The van der Waals surface area contributed by atoms with Crippen molar-refractivity contribution in [3.8, 4) is 0 Å². The Morgan fingerprint density at radius 1 is 1.26 bits per heavy atom. The van der Waals surface area contributed by atoms with Crippen molar-refractivity contribution in [1.29, 1.82) is 0 Å². The van der Waals surface area contributed by atoms with Gasteiger partial charge >= 0.3 is 0 Å². The molecule has 0 saturated carbocycles. The van der Waals surface area contributed by atoms with E-state index in [9.17, 15) is 8.42 Å². The Hall–Kier alpha value is -2.63. The van der Waals surface area contributed by atoms with Crippen LogP contribution in [0.4, 0.5) is 11.6 Å². The van der Waals surface area contributed by atoms with E-state index >= 15 is 0 Å². The minimum Gasteiger partial charge on any atom is -0.324 e. The predicted octanol–water partition coefficient (Wildman–Crippen LogP) is 2.02. The molecule has 0 spiro atoms. The molecule has 0 saturated heterocycles. The maximum absolute atomic E-state index is 11.9. The lowest BCUT2D eigenvalue weighted by atomic mass is 10.1. The summed E-state index contributed by atoms with van der Waals surface area (Å²) in [5, 5.41) is 12.1. The minimum absolute atomic E-state index is 0.383. The smallest absolute Gasteiger partial charge is 0.211 e. The molecule has 27 heavy (non-hydrogen) atoms. The van der Waals surface area contributed by atoms with Crippen LogP contribution in [0.3, 0.4) is 0 Å². The number of hydrogen-bond donors (Lipinski definition) is 2. The van der Waals surface area contributed by atoms with E-state index in [1.165, 1.54) is 28.2 Å². The van der Waals surface area contributed by atoms with E-state index in [-0.39, 0.29) is 0 Å². The van der Waals surface area contributed by atoms with Crippen molar-refractivity contribution in [3.63, 3.8) is 0 Å². The van der Waals surface area contributed by atoms with Gasteiger partial charge in [0, 0.05) is 23.4 Å². The molecule has 0 aromatic carbocycles. The lowest BCUT2D eigenvalue weighted by Gasteiger charge is -2.24. The van der Waals surface area contributed by atoms with Crippen LogP contribution >= 0.6 is 11.3 Å². The monoisotopic (exact) mass is 401 g/mol. The van der Waals surface area contributed by atoms with Gasteiger partial charge in [-0.2, -0.15) is 9.40 Å². The summed E-state index contributed by atoms with van der Waals surface area (Å²) in [5.74, 6) is 1.35. The van der Waals surface area contributed by atoms with Crippen LogP contribution in [-0.4, -0.2) is 50.7 Å². The number of nitrogens with zero attached hydrogens (tertiary/aromatic N) is 5. The van der Waals surface area contributed by atoms with Gasteiger partial charge in [-0.25, -0.2) is 23.4 Å². The minimum atomic E-state index is -3.21. The number of sulfonamides is 1. The lowest BCUT2D eigenvalue weighted by Crippen LogP contribution is -2.34. The first-order valence-corrected chi connectivity index (χ1v) is 10.9. The number of thiophene rings is 1. The van der Waals surface area contributed by atoms with E-state index in [2.05, 4.69) is 30.5 Å². The molecule has 5 rings (SSSR count). The number of pyridine rings is 1. The van der Waals surface area contributed by atoms with E-state index in [0.717, 1.165) is 31.6 Å². The Balaban J connectivity index is 1.56. The van der Waals surface area contributed by atoms with Gasteiger partial charge in [-0.3, -0.25) is 5.10 Å². The number of aromatic amines is 1. The fraction of sp³-hybridized carbons (Fsp3) is 0.250. The van der Waals surface area contributed by atoms with Gasteiger partial charge in [-0.15, -0.1) is 11.3 Å². The van der Waals surface area contributed by atoms with Crippen molar-refractivity contribution in [3.05, 3.63) is 35.2 Å². The molecular formula is C16H15N7O2S2. The van der Waals surface area contributed by atoms with Crippen molar-refractivity contribution >= 4 is 54.1 Å². The first-order chi connectivity index (χ1) is 13.0. The lowest BCUT2D eigenvalue weighted by molar-refractivity contribution is 0.400. The zero-order chi connectivity index (χ0) is 18.6. The van der Waals surface area contributed by atoms with Crippen LogP contribution in [-0.2, 0) is 23.0 Å². The fourth-order valence-corrected chi connectivity index (χ4v) is 5.39. The van der Waals surface area contributed by atoms with Crippen LogP contribution in [0.1, 0.15) is 10.4 Å². The summed E-state index contributed by atoms with van der Waals surface area (Å²) < 4.78 is 25.3. The molecule has 138 valence electrons. The van der Waals surface area contributed by atoms with Crippen molar-refractivity contribution in [2.24, 2.45) is 0 Å². The van der Waals surface area contributed by atoms with Crippen LogP contribution in [0.25, 0.3) is 21.1 Å². The second kappa shape index (κ2) is 5.94. The molecule has 1 aliphatic heterocycles. The maximum Gasteiger partial charge on any atom is 0.211 e. The first-order valence-electron chi connectivity index (χ1n) is 8.25. The summed E-state index contributed by atoms with van der Waals surface area (Å²) in [7, 11) is -3.21. The molecule has 4 aromatic rings. The van der Waals surface area contributed by atoms with Gasteiger partial charge in [0.15, 0.2) is 0 Å². The molecule has 0 aliphatic carbocycles. The predicted molar refractivity (Wildman–Crippen MR) is 104 cm³/mol. The van der Waals surface area contributed by atoms with Gasteiger partial charge in [0.1, 0.15) is 22.8 Å². The molecule has 5 heterocycles. The van der Waals surface area contributed by atoms with Gasteiger partial charge in [-0.1, -0.05) is 0 Å². The average Bonchev–Trinajstić information content (AvgIpc) is 3.24. The zero-order valence-electron chi connectivity index (χ0n) is 14.3. The molecule has 1 aliphatic rings. The Morgan fingerprint density at radius 3 is 3.00 bits per heavy atom. The summed E-state index contributed by atoms with van der Waals surface area (Å²) in [6.45, 7) is 0.846. The fourth-order valence-electron chi connectivity index (χ4n) is 3.31. The van der Waals surface area contributed by atoms with E-state index in [0.29, 0.717) is 31.1 Å². The van der Waals surface area contributed by atoms with Crippen LogP contribution in [0, 0.1) is 0 Å². The van der Waals surface area contributed by atoms with Gasteiger partial charge in [0.2, 0.25) is 10.0 Å². The molecule has 4 aromatic heterocycles. The van der Waals surface area contributed by atoms with E-state index in [1.54, 1.807) is 12.4 Å². The second-order valence-electron chi connectivity index (χ2n) is 6.40. The Bertz CT molecular complexity index is 1280. The Morgan fingerprint density at radius 2 is 2.15 bits per heavy atom. The third-order valence-electron chi connectivity index (χ3n) is 4.64. The molecule has 0 unspecified atom stereocenters. The second-order valence-corrected chi connectivity index (χ2v) is 9.47. The third-order valence-corrected chi connectivity index (χ3v) is 7.02. The Kier molecular flexibility index (Phi) is 3.64. The number of hydrogen-bond acceptors (Lipinski definition) is 8. The average molecular weight is 401 g/mol. The third kappa shape index (κ3) is 2.83. The van der Waals surface area contributed by atoms with Crippen molar-refractivity contribution in [1.82, 2.24) is 29.5 Å². The normalized spacial score (nSPS) is 15.3. The topological polar surface area (TPSA) is 117 Å². The molecule has 2 N–H and O–H groups in total. The van der Waals surface area contributed by atoms with Crippen LogP contribution in [0.15, 0.2) is 24.8 Å². The number of rotatable bonds is 3. The molecular weight excluding hydrogens is 386 g/mol. The largest absolute Gasteiger partial charge is 0.324 e.